The molecule has 0 radical (unpaired) electrons. The fourth-order valence-electron chi connectivity index (χ4n) is 4.14. The lowest BCUT2D eigenvalue weighted by atomic mass is 10.1. The van der Waals surface area contributed by atoms with E-state index in [4.69, 9.17) is 5.73 Å². The van der Waals surface area contributed by atoms with Crippen LogP contribution in [0, 0.1) is 0 Å². The second kappa shape index (κ2) is 9.07. The standard InChI is InChI=1S/C27H24NOP/c28-27(29)20-23-14-10-11-19-26(23)30(24-15-6-2-7-16-24,25-17-8-3-9-18-25)21-22-12-4-1-5-13-22/h1-19H,20-21H2,(H-,28,29)/p+1. The van der Waals surface area contributed by atoms with E-state index in [0.29, 0.717) is 0 Å². The van der Waals surface area contributed by atoms with E-state index in [9.17, 15) is 4.79 Å². The molecule has 0 bridgehead atoms. The van der Waals surface area contributed by atoms with Crippen molar-refractivity contribution in [2.45, 2.75) is 12.6 Å². The lowest BCUT2D eigenvalue weighted by Gasteiger charge is -2.29. The Morgan fingerprint density at radius 3 is 1.63 bits per heavy atom. The molecular formula is C27H25NOP+. The minimum absolute atomic E-state index is 0.242. The lowest BCUT2D eigenvalue weighted by Crippen LogP contribution is -2.35. The van der Waals surface area contributed by atoms with Crippen molar-refractivity contribution >= 4 is 29.1 Å². The zero-order chi connectivity index (χ0) is 20.8. The van der Waals surface area contributed by atoms with Crippen LogP contribution >= 0.6 is 7.26 Å². The first-order valence-corrected chi connectivity index (χ1v) is 12.1. The SMILES string of the molecule is NC(=O)Cc1ccccc1[P+](Cc1ccccc1)(c1ccccc1)c1ccccc1. The van der Waals surface area contributed by atoms with E-state index in [2.05, 4.69) is 103 Å². The molecule has 0 aliphatic carbocycles. The fraction of sp³-hybridized carbons (Fsp3) is 0.0741. The van der Waals surface area contributed by atoms with E-state index in [1.807, 2.05) is 12.1 Å². The molecule has 3 heteroatoms. The highest BCUT2D eigenvalue weighted by molar-refractivity contribution is 7.95. The first kappa shape index (κ1) is 20.1. The summed E-state index contributed by atoms with van der Waals surface area (Å²) in [5.41, 5.74) is 7.94. The lowest BCUT2D eigenvalue weighted by molar-refractivity contribution is -0.117. The van der Waals surface area contributed by atoms with E-state index >= 15 is 0 Å². The average Bonchev–Trinajstić information content (AvgIpc) is 2.79. The van der Waals surface area contributed by atoms with Gasteiger partial charge >= 0.3 is 0 Å². The van der Waals surface area contributed by atoms with Gasteiger partial charge in [-0.1, -0.05) is 84.9 Å². The highest BCUT2D eigenvalue weighted by Crippen LogP contribution is 2.58. The summed E-state index contributed by atoms with van der Waals surface area (Å²) in [6.45, 7) is 0. The van der Waals surface area contributed by atoms with Gasteiger partial charge in [-0.3, -0.25) is 4.79 Å². The van der Waals surface area contributed by atoms with E-state index in [-0.39, 0.29) is 12.3 Å². The molecule has 0 aliphatic heterocycles. The van der Waals surface area contributed by atoms with Crippen molar-refractivity contribution in [3.63, 3.8) is 0 Å². The van der Waals surface area contributed by atoms with Crippen molar-refractivity contribution in [2.24, 2.45) is 5.73 Å². The number of benzene rings is 4. The number of rotatable bonds is 7. The third-order valence-electron chi connectivity index (χ3n) is 5.42. The van der Waals surface area contributed by atoms with Crippen LogP contribution < -0.4 is 21.6 Å². The Kier molecular flexibility index (Phi) is 6.07. The van der Waals surface area contributed by atoms with Gasteiger partial charge in [0.15, 0.2) is 0 Å². The maximum atomic E-state index is 11.9. The molecule has 0 atom stereocenters. The molecule has 0 heterocycles. The quantitative estimate of drug-likeness (QED) is 0.456. The van der Waals surface area contributed by atoms with Gasteiger partial charge in [-0.25, -0.2) is 0 Å². The largest absolute Gasteiger partial charge is 0.369 e. The highest BCUT2D eigenvalue weighted by Gasteiger charge is 2.46. The molecule has 148 valence electrons. The monoisotopic (exact) mass is 410 g/mol. The van der Waals surface area contributed by atoms with Gasteiger partial charge in [0.25, 0.3) is 0 Å². The molecule has 30 heavy (non-hydrogen) atoms. The van der Waals surface area contributed by atoms with Crippen LogP contribution in [-0.2, 0) is 17.4 Å². The van der Waals surface area contributed by atoms with Crippen molar-refractivity contribution in [3.05, 3.63) is 126 Å². The minimum atomic E-state index is -2.08. The predicted molar refractivity (Wildman–Crippen MR) is 128 cm³/mol. The normalized spacial score (nSPS) is 11.2. The van der Waals surface area contributed by atoms with Crippen LogP contribution in [0.3, 0.4) is 0 Å². The molecule has 0 aliphatic rings. The van der Waals surface area contributed by atoms with Gasteiger partial charge in [-0.15, -0.1) is 0 Å². The van der Waals surface area contributed by atoms with E-state index in [1.54, 1.807) is 0 Å². The molecule has 0 unspecified atom stereocenters. The number of amides is 1. The first-order chi connectivity index (χ1) is 14.7. The van der Waals surface area contributed by atoms with Crippen LogP contribution in [0.15, 0.2) is 115 Å². The van der Waals surface area contributed by atoms with Crippen molar-refractivity contribution < 1.29 is 4.79 Å². The Balaban J connectivity index is 2.05. The smallest absolute Gasteiger partial charge is 0.221 e. The van der Waals surface area contributed by atoms with Crippen molar-refractivity contribution in [1.82, 2.24) is 0 Å². The van der Waals surface area contributed by atoms with Crippen LogP contribution in [0.25, 0.3) is 0 Å². The molecular weight excluding hydrogens is 385 g/mol. The van der Waals surface area contributed by atoms with Crippen molar-refractivity contribution in [2.75, 3.05) is 0 Å². The summed E-state index contributed by atoms with van der Waals surface area (Å²) >= 11 is 0. The molecule has 2 nitrogen and oxygen atoms in total. The number of carbonyl (C=O) groups is 1. The van der Waals surface area contributed by atoms with Gasteiger partial charge < -0.3 is 5.73 Å². The third-order valence-corrected chi connectivity index (χ3v) is 9.88. The molecule has 4 rings (SSSR count). The van der Waals surface area contributed by atoms with Gasteiger partial charge in [0, 0.05) is 5.56 Å². The molecule has 0 saturated heterocycles. The van der Waals surface area contributed by atoms with Crippen LogP contribution in [0.4, 0.5) is 0 Å². The Bertz CT molecular complexity index is 1070. The van der Waals surface area contributed by atoms with E-state index in [0.717, 1.165) is 11.7 Å². The Morgan fingerprint density at radius 1 is 0.633 bits per heavy atom. The summed E-state index contributed by atoms with van der Waals surface area (Å²) in [6, 6.07) is 40.4. The summed E-state index contributed by atoms with van der Waals surface area (Å²) in [5, 5.41) is 3.83. The van der Waals surface area contributed by atoms with Crippen LogP contribution in [-0.4, -0.2) is 5.91 Å². The summed E-state index contributed by atoms with van der Waals surface area (Å²) < 4.78 is 0. The van der Waals surface area contributed by atoms with Gasteiger partial charge in [0.1, 0.15) is 23.2 Å². The number of nitrogens with two attached hydrogens (primary N) is 1. The van der Waals surface area contributed by atoms with Crippen LogP contribution in [0.2, 0.25) is 0 Å². The molecule has 0 fully saturated rings. The summed E-state index contributed by atoms with van der Waals surface area (Å²) in [6.07, 6.45) is 1.13. The number of primary amides is 1. The topological polar surface area (TPSA) is 43.1 Å². The Labute approximate surface area is 178 Å². The van der Waals surface area contributed by atoms with Crippen molar-refractivity contribution in [1.29, 1.82) is 0 Å². The maximum absolute atomic E-state index is 11.9. The fourth-order valence-corrected chi connectivity index (χ4v) is 8.63. The average molecular weight is 410 g/mol. The van der Waals surface area contributed by atoms with E-state index in [1.165, 1.54) is 21.5 Å². The number of hydrogen-bond acceptors (Lipinski definition) is 1. The summed E-state index contributed by atoms with van der Waals surface area (Å²) in [4.78, 5) is 11.9. The highest BCUT2D eigenvalue weighted by atomic mass is 31.2. The maximum Gasteiger partial charge on any atom is 0.221 e. The Morgan fingerprint density at radius 2 is 1.10 bits per heavy atom. The third kappa shape index (κ3) is 4.06. The Hall–Kier alpha value is -3.22. The number of carbonyl (C=O) groups excluding carboxylic acids is 1. The molecule has 0 saturated carbocycles. The van der Waals surface area contributed by atoms with Crippen molar-refractivity contribution in [3.8, 4) is 0 Å². The summed E-state index contributed by atoms with van der Waals surface area (Å²) in [5.74, 6) is -0.304. The van der Waals surface area contributed by atoms with Gasteiger partial charge in [-0.05, 0) is 35.9 Å². The number of hydrogen-bond donors (Lipinski definition) is 1. The predicted octanol–water partition coefficient (Wildman–Crippen LogP) is 4.21. The molecule has 2 N–H and O–H groups in total. The second-order valence-electron chi connectivity index (χ2n) is 7.40. The zero-order valence-corrected chi connectivity index (χ0v) is 17.7. The molecule has 0 aromatic heterocycles. The molecule has 4 aromatic carbocycles. The van der Waals surface area contributed by atoms with E-state index < -0.39 is 7.26 Å². The first-order valence-electron chi connectivity index (χ1n) is 10.1. The minimum Gasteiger partial charge on any atom is -0.369 e. The van der Waals surface area contributed by atoms with Crippen LogP contribution in [0.1, 0.15) is 11.1 Å². The molecule has 4 aromatic rings. The van der Waals surface area contributed by atoms with Gasteiger partial charge in [-0.2, -0.15) is 0 Å². The second-order valence-corrected chi connectivity index (χ2v) is 10.8. The van der Waals surface area contributed by atoms with Gasteiger partial charge in [0.05, 0.1) is 12.6 Å². The van der Waals surface area contributed by atoms with Gasteiger partial charge in [0.2, 0.25) is 5.91 Å². The summed E-state index contributed by atoms with van der Waals surface area (Å²) in [7, 11) is -2.08. The molecule has 0 spiro atoms. The van der Waals surface area contributed by atoms with Crippen LogP contribution in [0.5, 0.6) is 0 Å². The zero-order valence-electron chi connectivity index (χ0n) is 16.8. The molecule has 1 amide bonds.